The number of nitrogens with zero attached hydrogens (tertiary/aromatic N) is 1. The number of rotatable bonds is 6. The normalized spacial score (nSPS) is 13.5. The maximum atomic E-state index is 11.5. The van der Waals surface area contributed by atoms with Crippen molar-refractivity contribution in [2.24, 2.45) is 5.73 Å². The van der Waals surface area contributed by atoms with Crippen molar-refractivity contribution < 1.29 is 14.3 Å². The van der Waals surface area contributed by atoms with Crippen LogP contribution in [0, 0.1) is 0 Å². The van der Waals surface area contributed by atoms with E-state index in [1.807, 2.05) is 36.2 Å². The van der Waals surface area contributed by atoms with Crippen molar-refractivity contribution in [1.82, 2.24) is 0 Å². The van der Waals surface area contributed by atoms with Crippen molar-refractivity contribution in [3.05, 3.63) is 24.3 Å². The van der Waals surface area contributed by atoms with Crippen LogP contribution < -0.4 is 15.4 Å². The number of hydrogen-bond acceptors (Lipinski definition) is 5. The Bertz CT molecular complexity index is 432. The van der Waals surface area contributed by atoms with Crippen molar-refractivity contribution in [1.29, 1.82) is 0 Å². The van der Waals surface area contributed by atoms with E-state index in [-0.39, 0.29) is 0 Å². The third-order valence-electron chi connectivity index (χ3n) is 3.11. The number of carbonyl (C=O) groups excluding carboxylic acids is 1. The summed E-state index contributed by atoms with van der Waals surface area (Å²) in [6, 6.07) is 7.73. The van der Waals surface area contributed by atoms with E-state index in [1.54, 1.807) is 14.0 Å². The molecule has 1 aromatic rings. The number of methoxy groups -OCH3 is 2. The first-order valence-corrected chi connectivity index (χ1v) is 6.13. The second kappa shape index (κ2) is 6.43. The van der Waals surface area contributed by atoms with Crippen molar-refractivity contribution in [2.75, 3.05) is 32.7 Å². The minimum atomic E-state index is -0.970. The average Bonchev–Trinajstić information content (AvgIpc) is 2.43. The highest BCUT2D eigenvalue weighted by Crippen LogP contribution is 2.21. The third kappa shape index (κ3) is 4.13. The van der Waals surface area contributed by atoms with Crippen LogP contribution in [0.5, 0.6) is 5.75 Å². The van der Waals surface area contributed by atoms with Crippen LogP contribution >= 0.6 is 0 Å². The Labute approximate surface area is 114 Å². The number of ether oxygens (including phenoxy) is 2. The summed E-state index contributed by atoms with van der Waals surface area (Å²) >= 11 is 0. The van der Waals surface area contributed by atoms with Gasteiger partial charge < -0.3 is 20.1 Å². The van der Waals surface area contributed by atoms with E-state index in [2.05, 4.69) is 4.74 Å². The number of nitrogens with two attached hydrogens (primary N) is 1. The summed E-state index contributed by atoms with van der Waals surface area (Å²) in [5.41, 5.74) is 5.97. The highest BCUT2D eigenvalue weighted by atomic mass is 16.5. The number of hydrogen-bond donors (Lipinski definition) is 1. The van der Waals surface area contributed by atoms with Gasteiger partial charge in [0.1, 0.15) is 11.3 Å². The fourth-order valence-corrected chi connectivity index (χ4v) is 1.71. The zero-order valence-corrected chi connectivity index (χ0v) is 12.0. The minimum Gasteiger partial charge on any atom is -0.497 e. The molecule has 0 aliphatic heterocycles. The van der Waals surface area contributed by atoms with Gasteiger partial charge in [-0.15, -0.1) is 0 Å². The molecule has 0 aromatic heterocycles. The zero-order valence-electron chi connectivity index (χ0n) is 12.0. The summed E-state index contributed by atoms with van der Waals surface area (Å²) in [4.78, 5) is 13.5. The van der Waals surface area contributed by atoms with E-state index in [0.717, 1.165) is 11.4 Å². The first kappa shape index (κ1) is 15.3. The van der Waals surface area contributed by atoms with E-state index in [0.29, 0.717) is 13.0 Å². The lowest BCUT2D eigenvalue weighted by molar-refractivity contribution is -0.146. The molecule has 0 radical (unpaired) electrons. The van der Waals surface area contributed by atoms with Crippen LogP contribution in [0.25, 0.3) is 0 Å². The Hall–Kier alpha value is -1.75. The molecule has 0 heterocycles. The summed E-state index contributed by atoms with van der Waals surface area (Å²) in [7, 11) is 4.93. The Morgan fingerprint density at radius 1 is 1.42 bits per heavy atom. The molecule has 0 saturated carbocycles. The molecule has 0 amide bonds. The molecule has 5 heteroatoms. The largest absolute Gasteiger partial charge is 0.497 e. The van der Waals surface area contributed by atoms with Crippen LogP contribution in [0.3, 0.4) is 0 Å². The summed E-state index contributed by atoms with van der Waals surface area (Å²) in [6.07, 6.45) is 0.507. The Kier molecular flexibility index (Phi) is 5.18. The van der Waals surface area contributed by atoms with E-state index in [9.17, 15) is 4.79 Å². The van der Waals surface area contributed by atoms with Crippen molar-refractivity contribution in [3.8, 4) is 5.75 Å². The quantitative estimate of drug-likeness (QED) is 0.789. The van der Waals surface area contributed by atoms with Crippen molar-refractivity contribution >= 4 is 11.7 Å². The summed E-state index contributed by atoms with van der Waals surface area (Å²) < 4.78 is 9.87. The molecule has 1 aromatic carbocycles. The van der Waals surface area contributed by atoms with Gasteiger partial charge in [-0.05, 0) is 25.5 Å². The molecular formula is C14H22N2O3. The van der Waals surface area contributed by atoms with Crippen LogP contribution in [-0.2, 0) is 9.53 Å². The third-order valence-corrected chi connectivity index (χ3v) is 3.11. The van der Waals surface area contributed by atoms with Crippen LogP contribution in [0.4, 0.5) is 5.69 Å². The molecule has 1 unspecified atom stereocenters. The molecule has 1 atom stereocenters. The summed E-state index contributed by atoms with van der Waals surface area (Å²) in [6.45, 7) is 2.33. The molecule has 19 heavy (non-hydrogen) atoms. The van der Waals surface area contributed by atoms with Gasteiger partial charge in [-0.1, -0.05) is 6.07 Å². The van der Waals surface area contributed by atoms with Gasteiger partial charge in [-0.25, -0.2) is 0 Å². The first-order valence-electron chi connectivity index (χ1n) is 6.13. The number of carbonyl (C=O) groups is 1. The average molecular weight is 266 g/mol. The molecule has 2 N–H and O–H groups in total. The lowest BCUT2D eigenvalue weighted by Crippen LogP contribution is -2.47. The standard InChI is InChI=1S/C14H22N2O3/c1-14(15,13(17)19-4)8-9-16(2)11-6-5-7-12(10-11)18-3/h5-7,10H,8-9,15H2,1-4H3. The van der Waals surface area contributed by atoms with Crippen LogP contribution in [0.1, 0.15) is 13.3 Å². The van der Waals surface area contributed by atoms with E-state index >= 15 is 0 Å². The predicted molar refractivity (Wildman–Crippen MR) is 75.5 cm³/mol. The van der Waals surface area contributed by atoms with Crippen LogP contribution in [0.2, 0.25) is 0 Å². The molecule has 0 aliphatic carbocycles. The smallest absolute Gasteiger partial charge is 0.325 e. The van der Waals surface area contributed by atoms with Crippen molar-refractivity contribution in [2.45, 2.75) is 18.9 Å². The monoisotopic (exact) mass is 266 g/mol. The second-order valence-electron chi connectivity index (χ2n) is 4.78. The van der Waals surface area contributed by atoms with Gasteiger partial charge in [0.05, 0.1) is 14.2 Å². The Morgan fingerprint density at radius 2 is 2.11 bits per heavy atom. The van der Waals surface area contributed by atoms with Crippen LogP contribution in [0.15, 0.2) is 24.3 Å². The van der Waals surface area contributed by atoms with Crippen LogP contribution in [-0.4, -0.2) is 39.3 Å². The van der Waals surface area contributed by atoms with Crippen molar-refractivity contribution in [3.63, 3.8) is 0 Å². The lowest BCUT2D eigenvalue weighted by Gasteiger charge is -2.26. The van der Waals surface area contributed by atoms with E-state index in [4.69, 9.17) is 10.5 Å². The van der Waals surface area contributed by atoms with Gasteiger partial charge in [0.2, 0.25) is 0 Å². The zero-order chi connectivity index (χ0) is 14.5. The maximum absolute atomic E-state index is 11.5. The summed E-state index contributed by atoms with van der Waals surface area (Å²) in [5.74, 6) is 0.402. The highest BCUT2D eigenvalue weighted by Gasteiger charge is 2.29. The molecule has 0 bridgehead atoms. The summed E-state index contributed by atoms with van der Waals surface area (Å²) in [5, 5.41) is 0. The molecule has 106 valence electrons. The van der Waals surface area contributed by atoms with E-state index < -0.39 is 11.5 Å². The molecule has 0 saturated heterocycles. The molecular weight excluding hydrogens is 244 g/mol. The lowest BCUT2D eigenvalue weighted by atomic mass is 9.99. The van der Waals surface area contributed by atoms with Gasteiger partial charge in [-0.2, -0.15) is 0 Å². The van der Waals surface area contributed by atoms with Gasteiger partial charge in [-0.3, -0.25) is 4.79 Å². The fraction of sp³-hybridized carbons (Fsp3) is 0.500. The van der Waals surface area contributed by atoms with Gasteiger partial charge in [0.25, 0.3) is 0 Å². The predicted octanol–water partition coefficient (Wildman–Crippen LogP) is 1.41. The minimum absolute atomic E-state index is 0.397. The van der Waals surface area contributed by atoms with Gasteiger partial charge in [0, 0.05) is 25.3 Å². The molecule has 0 spiro atoms. The molecule has 0 fully saturated rings. The second-order valence-corrected chi connectivity index (χ2v) is 4.78. The number of anilines is 1. The van der Waals surface area contributed by atoms with Gasteiger partial charge in [0.15, 0.2) is 0 Å². The molecule has 5 nitrogen and oxygen atoms in total. The van der Waals surface area contributed by atoms with Gasteiger partial charge >= 0.3 is 5.97 Å². The first-order chi connectivity index (χ1) is 8.90. The number of esters is 1. The molecule has 1 rings (SSSR count). The topological polar surface area (TPSA) is 64.8 Å². The molecule has 0 aliphatic rings. The number of benzene rings is 1. The fourth-order valence-electron chi connectivity index (χ4n) is 1.71. The maximum Gasteiger partial charge on any atom is 0.325 e. The Morgan fingerprint density at radius 3 is 2.68 bits per heavy atom. The SMILES string of the molecule is COC(=O)C(C)(N)CCN(C)c1cccc(OC)c1. The Balaban J connectivity index is 2.64. The highest BCUT2D eigenvalue weighted by molar-refractivity contribution is 5.79. The van der Waals surface area contributed by atoms with E-state index in [1.165, 1.54) is 7.11 Å².